The highest BCUT2D eigenvalue weighted by atomic mass is 35.5. The van der Waals surface area contributed by atoms with Crippen molar-refractivity contribution in [1.82, 2.24) is 0 Å². The zero-order valence-corrected chi connectivity index (χ0v) is 15.6. The molecule has 0 bridgehead atoms. The van der Waals surface area contributed by atoms with Crippen LogP contribution in [0.5, 0.6) is 0 Å². The molecule has 6 nitrogen and oxygen atoms in total. The minimum atomic E-state index is -4.53. The molecule has 0 radical (unpaired) electrons. The Kier molecular flexibility index (Phi) is 7.60. The summed E-state index contributed by atoms with van der Waals surface area (Å²) in [5.41, 5.74) is -0.474. The number of esters is 1. The van der Waals surface area contributed by atoms with Gasteiger partial charge in [-0.1, -0.05) is 17.7 Å². The summed E-state index contributed by atoms with van der Waals surface area (Å²) < 4.78 is 42.7. The first-order valence-corrected chi connectivity index (χ1v) is 8.69. The minimum Gasteiger partial charge on any atom is -0.456 e. The molecule has 2 rings (SSSR count). The van der Waals surface area contributed by atoms with Gasteiger partial charge in [0, 0.05) is 22.8 Å². The Morgan fingerprint density at radius 1 is 0.897 bits per heavy atom. The number of anilines is 2. The summed E-state index contributed by atoms with van der Waals surface area (Å²) in [4.78, 5) is 35.1. The van der Waals surface area contributed by atoms with E-state index in [2.05, 4.69) is 10.6 Å². The lowest BCUT2D eigenvalue weighted by molar-refractivity contribution is -0.147. The fourth-order valence-corrected chi connectivity index (χ4v) is 2.29. The molecule has 29 heavy (non-hydrogen) atoms. The molecule has 0 aromatic heterocycles. The Hall–Kier alpha value is -3.07. The van der Waals surface area contributed by atoms with Crippen molar-refractivity contribution in [2.24, 2.45) is 0 Å². The van der Waals surface area contributed by atoms with Gasteiger partial charge in [-0.05, 0) is 42.5 Å². The van der Waals surface area contributed by atoms with Gasteiger partial charge in [-0.3, -0.25) is 14.4 Å². The maximum atomic E-state index is 12.7. The second-order valence-corrected chi connectivity index (χ2v) is 6.28. The van der Waals surface area contributed by atoms with E-state index >= 15 is 0 Å². The third-order valence-electron chi connectivity index (χ3n) is 3.52. The zero-order valence-electron chi connectivity index (χ0n) is 14.9. The number of halogens is 4. The van der Waals surface area contributed by atoms with Crippen LogP contribution in [0, 0.1) is 0 Å². The van der Waals surface area contributed by atoms with Crippen LogP contribution in [0.15, 0.2) is 48.5 Å². The Morgan fingerprint density at radius 3 is 2.21 bits per heavy atom. The van der Waals surface area contributed by atoms with Gasteiger partial charge < -0.3 is 15.4 Å². The van der Waals surface area contributed by atoms with Crippen molar-refractivity contribution in [2.45, 2.75) is 19.0 Å². The monoisotopic (exact) mass is 428 g/mol. The smallest absolute Gasteiger partial charge is 0.416 e. The molecule has 0 aliphatic heterocycles. The largest absolute Gasteiger partial charge is 0.456 e. The quantitative estimate of drug-likeness (QED) is 0.645. The lowest BCUT2D eigenvalue weighted by atomic mass is 10.2. The summed E-state index contributed by atoms with van der Waals surface area (Å²) in [6.45, 7) is -0.545. The minimum absolute atomic E-state index is 0.0412. The second-order valence-electron chi connectivity index (χ2n) is 5.84. The Labute approximate surface area is 169 Å². The molecular formula is C19H16ClF3N2O4. The van der Waals surface area contributed by atoms with Crippen LogP contribution < -0.4 is 10.6 Å². The van der Waals surface area contributed by atoms with Crippen LogP contribution in [-0.2, 0) is 25.3 Å². The molecule has 2 aromatic carbocycles. The van der Waals surface area contributed by atoms with E-state index in [4.69, 9.17) is 16.3 Å². The average Bonchev–Trinajstić information content (AvgIpc) is 2.66. The Balaban J connectivity index is 1.72. The Bertz CT molecular complexity index is 886. The van der Waals surface area contributed by atoms with Gasteiger partial charge in [-0.25, -0.2) is 0 Å². The molecule has 2 N–H and O–H groups in total. The number of ether oxygens (including phenoxy) is 1. The topological polar surface area (TPSA) is 84.5 Å². The van der Waals surface area contributed by atoms with Gasteiger partial charge in [-0.2, -0.15) is 13.2 Å². The van der Waals surface area contributed by atoms with Crippen molar-refractivity contribution >= 4 is 40.8 Å². The van der Waals surface area contributed by atoms with Crippen LogP contribution in [0.2, 0.25) is 5.02 Å². The summed E-state index contributed by atoms with van der Waals surface area (Å²) in [5.74, 6) is -2.03. The lowest BCUT2D eigenvalue weighted by Crippen LogP contribution is -2.21. The van der Waals surface area contributed by atoms with E-state index in [0.29, 0.717) is 10.7 Å². The van der Waals surface area contributed by atoms with E-state index in [1.807, 2.05) is 0 Å². The van der Waals surface area contributed by atoms with Crippen LogP contribution in [0.25, 0.3) is 0 Å². The fraction of sp³-hybridized carbons (Fsp3) is 0.211. The molecule has 10 heteroatoms. The molecule has 0 aliphatic carbocycles. The van der Waals surface area contributed by atoms with Gasteiger partial charge in [0.1, 0.15) is 0 Å². The van der Waals surface area contributed by atoms with E-state index < -0.39 is 36.1 Å². The van der Waals surface area contributed by atoms with Gasteiger partial charge in [-0.15, -0.1) is 0 Å². The van der Waals surface area contributed by atoms with Crippen molar-refractivity contribution in [3.8, 4) is 0 Å². The van der Waals surface area contributed by atoms with E-state index in [0.717, 1.165) is 18.2 Å². The van der Waals surface area contributed by atoms with E-state index in [9.17, 15) is 27.6 Å². The van der Waals surface area contributed by atoms with E-state index in [1.165, 1.54) is 6.07 Å². The number of hydrogen-bond donors (Lipinski definition) is 2. The van der Waals surface area contributed by atoms with Crippen molar-refractivity contribution in [3.63, 3.8) is 0 Å². The fourth-order valence-electron chi connectivity index (χ4n) is 2.16. The maximum Gasteiger partial charge on any atom is 0.416 e. The van der Waals surface area contributed by atoms with Crippen molar-refractivity contribution in [3.05, 3.63) is 59.1 Å². The van der Waals surface area contributed by atoms with E-state index in [1.54, 1.807) is 24.3 Å². The molecule has 0 fully saturated rings. The van der Waals surface area contributed by atoms with Gasteiger partial charge in [0.05, 0.1) is 12.0 Å². The number of carbonyl (C=O) groups excluding carboxylic acids is 3. The Morgan fingerprint density at radius 2 is 1.55 bits per heavy atom. The highest BCUT2D eigenvalue weighted by molar-refractivity contribution is 6.30. The SMILES string of the molecule is O=C(CCC(=O)OCC(=O)Nc1ccc(Cl)cc1)Nc1cccc(C(F)(F)F)c1. The first-order valence-electron chi connectivity index (χ1n) is 8.31. The van der Waals surface area contributed by atoms with E-state index in [-0.39, 0.29) is 18.5 Å². The van der Waals surface area contributed by atoms with Crippen molar-refractivity contribution in [1.29, 1.82) is 0 Å². The number of carbonyl (C=O) groups is 3. The molecule has 0 spiro atoms. The van der Waals surface area contributed by atoms with Gasteiger partial charge in [0.25, 0.3) is 5.91 Å². The average molecular weight is 429 g/mol. The number of benzene rings is 2. The van der Waals surface area contributed by atoms with Crippen LogP contribution in [0.4, 0.5) is 24.5 Å². The van der Waals surface area contributed by atoms with Crippen LogP contribution in [0.3, 0.4) is 0 Å². The molecular weight excluding hydrogens is 413 g/mol. The van der Waals surface area contributed by atoms with Gasteiger partial charge in [0.15, 0.2) is 6.61 Å². The third-order valence-corrected chi connectivity index (χ3v) is 3.77. The molecule has 0 saturated carbocycles. The standard InChI is InChI=1S/C19H16ClF3N2O4/c20-13-4-6-14(7-5-13)24-17(27)11-29-18(28)9-8-16(26)25-15-3-1-2-12(10-15)19(21,22)23/h1-7,10H,8-9,11H2,(H,24,27)(H,25,26). The molecule has 2 amide bonds. The number of alkyl halides is 3. The highest BCUT2D eigenvalue weighted by Crippen LogP contribution is 2.30. The maximum absolute atomic E-state index is 12.7. The predicted octanol–water partition coefficient (Wildman–Crippen LogP) is 4.26. The van der Waals surface area contributed by atoms with Crippen molar-refractivity contribution in [2.75, 3.05) is 17.2 Å². The summed E-state index contributed by atoms with van der Waals surface area (Å²) in [6.07, 6.45) is -5.18. The second kappa shape index (κ2) is 9.92. The number of amides is 2. The molecule has 0 aliphatic rings. The summed E-state index contributed by atoms with van der Waals surface area (Å²) in [7, 11) is 0. The molecule has 0 heterocycles. The van der Waals surface area contributed by atoms with Gasteiger partial charge >= 0.3 is 12.1 Å². The molecule has 154 valence electrons. The lowest BCUT2D eigenvalue weighted by Gasteiger charge is -2.10. The molecule has 2 aromatic rings. The molecule has 0 saturated heterocycles. The first kappa shape index (κ1) is 22.2. The highest BCUT2D eigenvalue weighted by Gasteiger charge is 2.30. The predicted molar refractivity (Wildman–Crippen MR) is 100 cm³/mol. The van der Waals surface area contributed by atoms with Crippen LogP contribution >= 0.6 is 11.6 Å². The third kappa shape index (κ3) is 7.82. The zero-order chi connectivity index (χ0) is 21.4. The van der Waals surface area contributed by atoms with Crippen LogP contribution in [-0.4, -0.2) is 24.4 Å². The summed E-state index contributed by atoms with van der Waals surface area (Å²) in [6, 6.07) is 10.4. The summed E-state index contributed by atoms with van der Waals surface area (Å²) >= 11 is 5.73. The number of nitrogens with one attached hydrogen (secondary N) is 2. The summed E-state index contributed by atoms with van der Waals surface area (Å²) in [5, 5.41) is 5.27. The normalized spacial score (nSPS) is 10.9. The van der Waals surface area contributed by atoms with Crippen molar-refractivity contribution < 1.29 is 32.3 Å². The molecule has 0 atom stereocenters. The molecule has 0 unspecified atom stereocenters. The number of hydrogen-bond acceptors (Lipinski definition) is 4. The van der Waals surface area contributed by atoms with Gasteiger partial charge in [0.2, 0.25) is 5.91 Å². The number of rotatable bonds is 7. The van der Waals surface area contributed by atoms with Crippen LogP contribution in [0.1, 0.15) is 18.4 Å². The first-order chi connectivity index (χ1) is 13.6.